The predicted octanol–water partition coefficient (Wildman–Crippen LogP) is 4.43. The molecule has 0 spiro atoms. The lowest BCUT2D eigenvalue weighted by molar-refractivity contribution is -0.138. The van der Waals surface area contributed by atoms with Crippen LogP contribution in [0, 0.1) is 17.3 Å². The molecule has 0 atom stereocenters. The van der Waals surface area contributed by atoms with Crippen LogP contribution in [0.25, 0.3) is 0 Å². The van der Waals surface area contributed by atoms with Gasteiger partial charge in [0.25, 0.3) is 0 Å². The number of carbonyl (C=O) groups excluding carboxylic acids is 1. The van der Waals surface area contributed by atoms with E-state index in [2.05, 4.69) is 27.0 Å². The topological polar surface area (TPSA) is 72.3 Å². The van der Waals surface area contributed by atoms with Crippen molar-refractivity contribution < 1.29 is 18.0 Å². The minimum atomic E-state index is -4.52. The summed E-state index contributed by atoms with van der Waals surface area (Å²) >= 11 is 0. The molecule has 0 saturated carbocycles. The number of carbonyl (C=O) groups is 1. The highest BCUT2D eigenvalue weighted by Crippen LogP contribution is 2.34. The maximum absolute atomic E-state index is 13.8. The molecule has 3 aromatic rings. The van der Waals surface area contributed by atoms with Crippen molar-refractivity contribution >= 4 is 17.8 Å². The van der Waals surface area contributed by atoms with Gasteiger partial charge in [-0.3, -0.25) is 14.7 Å². The Morgan fingerprint density at radius 2 is 1.74 bits per heavy atom. The van der Waals surface area contributed by atoms with Gasteiger partial charge in [0.1, 0.15) is 0 Å². The first-order valence-electron chi connectivity index (χ1n) is 12.2. The Labute approximate surface area is 220 Å². The average Bonchev–Trinajstić information content (AvgIpc) is 2.90. The van der Waals surface area contributed by atoms with E-state index in [1.807, 2.05) is 11.9 Å². The Bertz CT molecular complexity index is 1350. The number of likely N-dealkylation sites (N-methyl/N-ethyl adjacent to an activating group) is 1. The van der Waals surface area contributed by atoms with Gasteiger partial charge in [0, 0.05) is 73.7 Å². The van der Waals surface area contributed by atoms with Gasteiger partial charge in [-0.15, -0.1) is 0 Å². The molecule has 196 valence electrons. The summed E-state index contributed by atoms with van der Waals surface area (Å²) in [6, 6.07) is 12.8. The van der Waals surface area contributed by atoms with Crippen molar-refractivity contribution in [2.24, 2.45) is 0 Å². The minimum absolute atomic E-state index is 0.0173. The molecule has 6 nitrogen and oxygen atoms in total. The minimum Gasteiger partial charge on any atom is -0.326 e. The van der Waals surface area contributed by atoms with Crippen molar-refractivity contribution in [1.29, 1.82) is 5.41 Å². The van der Waals surface area contributed by atoms with Gasteiger partial charge in [0.2, 0.25) is 5.91 Å². The summed E-state index contributed by atoms with van der Waals surface area (Å²) in [5.74, 6) is 5.59. The Morgan fingerprint density at radius 1 is 1.03 bits per heavy atom. The lowest BCUT2D eigenvalue weighted by atomic mass is 10.0. The summed E-state index contributed by atoms with van der Waals surface area (Å²) in [4.78, 5) is 20.8. The summed E-state index contributed by atoms with van der Waals surface area (Å²) in [7, 11) is 2.00. The summed E-state index contributed by atoms with van der Waals surface area (Å²) in [5.41, 5.74) is 2.39. The van der Waals surface area contributed by atoms with Gasteiger partial charge in [-0.05, 0) is 48.5 Å². The number of benzene rings is 2. The Morgan fingerprint density at radius 3 is 2.42 bits per heavy atom. The van der Waals surface area contributed by atoms with E-state index in [-0.39, 0.29) is 24.2 Å². The predicted molar refractivity (Wildman–Crippen MR) is 141 cm³/mol. The molecular weight excluding hydrogens is 491 g/mol. The van der Waals surface area contributed by atoms with Gasteiger partial charge in [-0.1, -0.05) is 30.0 Å². The largest absolute Gasteiger partial charge is 0.416 e. The molecule has 2 aromatic carbocycles. The number of pyridine rings is 1. The number of anilines is 1. The van der Waals surface area contributed by atoms with Gasteiger partial charge in [0.15, 0.2) is 0 Å². The number of piperazine rings is 1. The van der Waals surface area contributed by atoms with Crippen molar-refractivity contribution in [2.75, 3.05) is 38.5 Å². The zero-order valence-corrected chi connectivity index (χ0v) is 21.0. The highest BCUT2D eigenvalue weighted by Gasteiger charge is 2.34. The Balaban J connectivity index is 1.39. The molecule has 1 saturated heterocycles. The van der Waals surface area contributed by atoms with Crippen molar-refractivity contribution in [2.45, 2.75) is 19.1 Å². The average molecular weight is 520 g/mol. The molecule has 1 amide bonds. The van der Waals surface area contributed by atoms with Gasteiger partial charge in [0.05, 0.1) is 12.0 Å². The van der Waals surface area contributed by atoms with Gasteiger partial charge < -0.3 is 15.6 Å². The number of hydrogen-bond donors (Lipinski definition) is 2. The molecule has 1 aromatic heterocycles. The molecule has 9 heteroatoms. The molecule has 1 fully saturated rings. The van der Waals surface area contributed by atoms with E-state index >= 15 is 0 Å². The number of alkyl halides is 3. The summed E-state index contributed by atoms with van der Waals surface area (Å²) in [6.45, 7) is 3.29. The van der Waals surface area contributed by atoms with Crippen LogP contribution < -0.4 is 5.32 Å². The molecule has 0 aliphatic carbocycles. The van der Waals surface area contributed by atoms with Crippen LogP contribution in [0.1, 0.15) is 33.4 Å². The van der Waals surface area contributed by atoms with Crippen molar-refractivity contribution in [3.8, 4) is 11.8 Å². The van der Waals surface area contributed by atoms with Gasteiger partial charge >= 0.3 is 6.18 Å². The second-order valence-corrected chi connectivity index (χ2v) is 9.27. The maximum atomic E-state index is 13.8. The van der Waals surface area contributed by atoms with E-state index in [9.17, 15) is 18.0 Å². The van der Waals surface area contributed by atoms with Crippen LogP contribution in [0.5, 0.6) is 0 Å². The summed E-state index contributed by atoms with van der Waals surface area (Å²) in [5, 5.41) is 9.89. The number of amides is 1. The lowest BCUT2D eigenvalue weighted by Gasteiger charge is -2.33. The first kappa shape index (κ1) is 27.0. The quantitative estimate of drug-likeness (QED) is 0.374. The molecule has 1 aliphatic heterocycles. The smallest absolute Gasteiger partial charge is 0.326 e. The number of halogens is 3. The Hall–Kier alpha value is -4.00. The molecule has 1 aliphatic rings. The van der Waals surface area contributed by atoms with E-state index < -0.39 is 17.6 Å². The van der Waals surface area contributed by atoms with Crippen LogP contribution in [0.2, 0.25) is 0 Å². The first-order chi connectivity index (χ1) is 18.2. The van der Waals surface area contributed by atoms with Crippen LogP contribution in [0.4, 0.5) is 18.9 Å². The highest BCUT2D eigenvalue weighted by atomic mass is 19.4. The van der Waals surface area contributed by atoms with Gasteiger partial charge in [-0.2, -0.15) is 13.2 Å². The molecular formula is C29H28F3N5O. The normalized spacial score (nSPS) is 14.4. The zero-order valence-electron chi connectivity index (χ0n) is 21.0. The fraction of sp³-hybridized carbons (Fsp3) is 0.276. The third-order valence-electron chi connectivity index (χ3n) is 6.28. The third-order valence-corrected chi connectivity index (χ3v) is 6.28. The van der Waals surface area contributed by atoms with E-state index in [4.69, 9.17) is 5.41 Å². The lowest BCUT2D eigenvalue weighted by Crippen LogP contribution is -2.44. The molecule has 0 unspecified atom stereocenters. The van der Waals surface area contributed by atoms with Crippen molar-refractivity contribution in [3.05, 3.63) is 94.3 Å². The molecule has 38 heavy (non-hydrogen) atoms. The fourth-order valence-electron chi connectivity index (χ4n) is 4.15. The monoisotopic (exact) mass is 519 g/mol. The van der Waals surface area contributed by atoms with Crippen molar-refractivity contribution in [1.82, 2.24) is 14.8 Å². The molecule has 0 bridgehead atoms. The highest BCUT2D eigenvalue weighted by molar-refractivity contribution is 5.92. The molecule has 0 radical (unpaired) electrons. The van der Waals surface area contributed by atoms with Crippen LogP contribution in [-0.4, -0.2) is 60.1 Å². The molecule has 2 N–H and O–H groups in total. The van der Waals surface area contributed by atoms with E-state index in [1.54, 1.807) is 42.7 Å². The van der Waals surface area contributed by atoms with Crippen LogP contribution in [0.15, 0.2) is 60.9 Å². The number of aromatic nitrogens is 1. The first-order valence-corrected chi connectivity index (χ1v) is 12.2. The maximum Gasteiger partial charge on any atom is 0.416 e. The van der Waals surface area contributed by atoms with E-state index in [1.165, 1.54) is 18.3 Å². The van der Waals surface area contributed by atoms with E-state index in [0.29, 0.717) is 29.8 Å². The van der Waals surface area contributed by atoms with Crippen LogP contribution in [0.3, 0.4) is 0 Å². The summed E-state index contributed by atoms with van der Waals surface area (Å²) in [6.07, 6.45) is -0.114. The number of nitrogens with zero attached hydrogens (tertiary/aromatic N) is 3. The number of rotatable bonds is 6. The standard InChI is InChI=1S/C29H28F3N5O/c1-36-10-12-37(13-11-36)20-25-8-9-26(16-27(25)29(30,31)32)35-28(38)15-22-5-2-21(3-6-22)4-7-23-14-24(17-33)19-34-18-23/h2-3,5-6,8-9,14,16-19,33H,10-13,15,20H2,1H3,(H,35,38). The number of nitrogens with one attached hydrogen (secondary N) is 2. The Kier molecular flexibility index (Phi) is 8.56. The third kappa shape index (κ3) is 7.51. The number of hydrogen-bond acceptors (Lipinski definition) is 5. The summed E-state index contributed by atoms with van der Waals surface area (Å²) < 4.78 is 41.4. The van der Waals surface area contributed by atoms with Crippen LogP contribution in [-0.2, 0) is 23.9 Å². The van der Waals surface area contributed by atoms with E-state index in [0.717, 1.165) is 24.7 Å². The van der Waals surface area contributed by atoms with Crippen LogP contribution >= 0.6 is 0 Å². The molecule has 4 rings (SSSR count). The second-order valence-electron chi connectivity index (χ2n) is 9.27. The van der Waals surface area contributed by atoms with Crippen molar-refractivity contribution in [3.63, 3.8) is 0 Å². The SMILES string of the molecule is CN1CCN(Cc2ccc(NC(=O)Cc3ccc(C#Cc4cncc(C=N)c4)cc3)cc2C(F)(F)F)CC1. The molecule has 2 heterocycles. The second kappa shape index (κ2) is 12.0. The van der Waals surface area contributed by atoms with Gasteiger partial charge in [-0.25, -0.2) is 0 Å². The fourth-order valence-corrected chi connectivity index (χ4v) is 4.15. The zero-order chi connectivity index (χ0) is 27.1.